The average molecular weight is 410 g/mol. The summed E-state index contributed by atoms with van der Waals surface area (Å²) in [6.45, 7) is 8.85. The van der Waals surface area contributed by atoms with Gasteiger partial charge in [0.1, 0.15) is 0 Å². The van der Waals surface area contributed by atoms with Crippen molar-refractivity contribution in [3.63, 3.8) is 0 Å². The Balaban J connectivity index is 1.89. The molecular formula is C20H31N3O4S. The molecule has 0 aromatic heterocycles. The summed E-state index contributed by atoms with van der Waals surface area (Å²) in [6.07, 6.45) is 2.00. The smallest absolute Gasteiger partial charge is 0.251 e. The Kier molecular flexibility index (Phi) is 7.60. The number of nitrogens with one attached hydrogen (secondary N) is 2. The fourth-order valence-corrected chi connectivity index (χ4v) is 4.44. The molecule has 1 aliphatic heterocycles. The van der Waals surface area contributed by atoms with E-state index in [4.69, 9.17) is 0 Å². The minimum atomic E-state index is -3.57. The Morgan fingerprint density at radius 1 is 1.07 bits per heavy atom. The van der Waals surface area contributed by atoms with E-state index in [1.807, 2.05) is 18.7 Å². The van der Waals surface area contributed by atoms with E-state index in [-0.39, 0.29) is 28.8 Å². The van der Waals surface area contributed by atoms with Crippen LogP contribution >= 0.6 is 0 Å². The summed E-state index contributed by atoms with van der Waals surface area (Å²) in [7, 11) is -3.57. The molecule has 1 aliphatic rings. The van der Waals surface area contributed by atoms with Gasteiger partial charge in [0.15, 0.2) is 0 Å². The van der Waals surface area contributed by atoms with Gasteiger partial charge in [0, 0.05) is 37.2 Å². The summed E-state index contributed by atoms with van der Waals surface area (Å²) in [5.41, 5.74) is 0.418. The molecule has 0 spiro atoms. The van der Waals surface area contributed by atoms with Crippen LogP contribution in [0.25, 0.3) is 0 Å². The van der Waals surface area contributed by atoms with Crippen molar-refractivity contribution < 1.29 is 18.0 Å². The summed E-state index contributed by atoms with van der Waals surface area (Å²) in [5, 5.41) is 2.98. The first kappa shape index (κ1) is 22.4. The van der Waals surface area contributed by atoms with Crippen LogP contribution in [0.2, 0.25) is 0 Å². The normalized spacial score (nSPS) is 15.9. The number of sulfonamides is 1. The summed E-state index contributed by atoms with van der Waals surface area (Å²) >= 11 is 0. The first-order chi connectivity index (χ1) is 13.1. The highest BCUT2D eigenvalue weighted by atomic mass is 32.2. The number of carbonyl (C=O) groups is 2. The van der Waals surface area contributed by atoms with E-state index >= 15 is 0 Å². The van der Waals surface area contributed by atoms with E-state index in [0.717, 1.165) is 12.8 Å². The van der Waals surface area contributed by atoms with Gasteiger partial charge in [-0.05, 0) is 56.9 Å². The summed E-state index contributed by atoms with van der Waals surface area (Å²) < 4.78 is 26.8. The molecule has 0 radical (unpaired) electrons. The first-order valence-corrected chi connectivity index (χ1v) is 11.3. The molecule has 7 nitrogen and oxygen atoms in total. The predicted molar refractivity (Wildman–Crippen MR) is 108 cm³/mol. The second-order valence-corrected chi connectivity index (χ2v) is 9.74. The quantitative estimate of drug-likeness (QED) is 0.721. The monoisotopic (exact) mass is 409 g/mol. The third-order valence-electron chi connectivity index (χ3n) is 4.58. The largest absolute Gasteiger partial charge is 0.349 e. The third-order valence-corrected chi connectivity index (χ3v) is 6.26. The van der Waals surface area contributed by atoms with E-state index in [2.05, 4.69) is 10.0 Å². The third kappa shape index (κ3) is 6.31. The van der Waals surface area contributed by atoms with Crippen molar-refractivity contribution in [2.24, 2.45) is 5.92 Å². The Morgan fingerprint density at radius 3 is 2.14 bits per heavy atom. The van der Waals surface area contributed by atoms with E-state index in [0.29, 0.717) is 31.0 Å². The Morgan fingerprint density at radius 2 is 1.64 bits per heavy atom. The number of amides is 2. The van der Waals surface area contributed by atoms with Crippen LogP contribution in [0.4, 0.5) is 0 Å². The van der Waals surface area contributed by atoms with Gasteiger partial charge in [-0.2, -0.15) is 0 Å². The average Bonchev–Trinajstić information content (AvgIpc) is 2.60. The van der Waals surface area contributed by atoms with E-state index in [9.17, 15) is 18.0 Å². The zero-order valence-corrected chi connectivity index (χ0v) is 17.9. The Hall–Kier alpha value is -1.93. The predicted octanol–water partition coefficient (Wildman–Crippen LogP) is 2.14. The lowest BCUT2D eigenvalue weighted by molar-refractivity contribution is -0.133. The molecule has 1 aromatic carbocycles. The number of likely N-dealkylation sites (tertiary alicyclic amines) is 1. The molecule has 2 rings (SSSR count). The molecule has 8 heteroatoms. The van der Waals surface area contributed by atoms with Crippen LogP contribution in [0, 0.1) is 5.92 Å². The molecule has 156 valence electrons. The molecule has 28 heavy (non-hydrogen) atoms. The molecule has 1 fully saturated rings. The van der Waals surface area contributed by atoms with Gasteiger partial charge in [0.25, 0.3) is 5.91 Å². The lowest BCUT2D eigenvalue weighted by Crippen LogP contribution is -2.46. The van der Waals surface area contributed by atoms with Gasteiger partial charge in [0.2, 0.25) is 15.9 Å². The molecule has 0 bridgehead atoms. The summed E-state index contributed by atoms with van der Waals surface area (Å²) in [4.78, 5) is 26.6. The van der Waals surface area contributed by atoms with Crippen LogP contribution < -0.4 is 10.0 Å². The lowest BCUT2D eigenvalue weighted by Gasteiger charge is -2.32. The van der Waals surface area contributed by atoms with Gasteiger partial charge in [-0.25, -0.2) is 13.1 Å². The van der Waals surface area contributed by atoms with Crippen molar-refractivity contribution >= 4 is 21.8 Å². The molecule has 1 aromatic rings. The van der Waals surface area contributed by atoms with Crippen molar-refractivity contribution in [2.75, 3.05) is 13.1 Å². The van der Waals surface area contributed by atoms with Gasteiger partial charge in [0.05, 0.1) is 4.90 Å². The number of hydrogen-bond donors (Lipinski definition) is 2. The number of rotatable bonds is 7. The fraction of sp³-hybridized carbons (Fsp3) is 0.600. The van der Waals surface area contributed by atoms with Crippen molar-refractivity contribution in [3.8, 4) is 0 Å². The fourth-order valence-electron chi connectivity index (χ4n) is 3.18. The van der Waals surface area contributed by atoms with Crippen molar-refractivity contribution in [1.82, 2.24) is 14.9 Å². The van der Waals surface area contributed by atoms with Gasteiger partial charge >= 0.3 is 0 Å². The van der Waals surface area contributed by atoms with Crippen molar-refractivity contribution in [3.05, 3.63) is 29.8 Å². The highest BCUT2D eigenvalue weighted by Gasteiger charge is 2.24. The molecule has 0 aliphatic carbocycles. The number of carbonyl (C=O) groups excluding carboxylic acids is 2. The number of nitrogens with zero attached hydrogens (tertiary/aromatic N) is 1. The Bertz CT molecular complexity index is 780. The van der Waals surface area contributed by atoms with Crippen LogP contribution in [0.5, 0.6) is 0 Å². The van der Waals surface area contributed by atoms with Crippen molar-refractivity contribution in [2.45, 2.75) is 63.9 Å². The second-order valence-electron chi connectivity index (χ2n) is 8.03. The topological polar surface area (TPSA) is 95.6 Å². The minimum Gasteiger partial charge on any atom is -0.349 e. The van der Waals surface area contributed by atoms with Gasteiger partial charge in [-0.1, -0.05) is 13.8 Å². The Labute approximate surface area is 167 Å². The highest BCUT2D eigenvalue weighted by molar-refractivity contribution is 7.89. The molecular weight excluding hydrogens is 378 g/mol. The zero-order valence-electron chi connectivity index (χ0n) is 17.1. The minimum absolute atomic E-state index is 0.0154. The van der Waals surface area contributed by atoms with E-state index in [1.165, 1.54) is 24.3 Å². The first-order valence-electron chi connectivity index (χ1n) is 9.79. The van der Waals surface area contributed by atoms with Crippen LogP contribution in [0.1, 0.15) is 57.3 Å². The summed E-state index contributed by atoms with van der Waals surface area (Å²) in [5.74, 6) is 0.284. The molecule has 1 heterocycles. The summed E-state index contributed by atoms with van der Waals surface area (Å²) in [6, 6.07) is 5.73. The van der Waals surface area contributed by atoms with Gasteiger partial charge < -0.3 is 10.2 Å². The lowest BCUT2D eigenvalue weighted by atomic mass is 10.0. The van der Waals surface area contributed by atoms with Crippen molar-refractivity contribution in [1.29, 1.82) is 0 Å². The van der Waals surface area contributed by atoms with Crippen LogP contribution in [-0.2, 0) is 14.8 Å². The number of hydrogen-bond acceptors (Lipinski definition) is 4. The standard InChI is InChI=1S/C20H31N3O4S/c1-14(2)13-19(24)23-11-9-17(10-12-23)21-20(25)16-5-7-18(8-6-16)28(26,27)22-15(3)4/h5-8,14-15,17,22H,9-13H2,1-4H3,(H,21,25). The van der Waals surface area contributed by atoms with Gasteiger partial charge in [-0.3, -0.25) is 9.59 Å². The zero-order chi connectivity index (χ0) is 20.9. The maximum Gasteiger partial charge on any atom is 0.251 e. The van der Waals surface area contributed by atoms with E-state index < -0.39 is 10.0 Å². The van der Waals surface area contributed by atoms with E-state index in [1.54, 1.807) is 13.8 Å². The van der Waals surface area contributed by atoms with Crippen LogP contribution in [0.15, 0.2) is 29.2 Å². The molecule has 0 unspecified atom stereocenters. The molecule has 2 N–H and O–H groups in total. The second kappa shape index (κ2) is 9.52. The number of piperidine rings is 1. The van der Waals surface area contributed by atoms with Crippen LogP contribution in [-0.4, -0.2) is 50.3 Å². The number of benzene rings is 1. The maximum atomic E-state index is 12.5. The van der Waals surface area contributed by atoms with Crippen LogP contribution in [0.3, 0.4) is 0 Å². The van der Waals surface area contributed by atoms with Gasteiger partial charge in [-0.15, -0.1) is 0 Å². The molecule has 1 saturated heterocycles. The SMILES string of the molecule is CC(C)CC(=O)N1CCC(NC(=O)c2ccc(S(=O)(=O)NC(C)C)cc2)CC1. The highest BCUT2D eigenvalue weighted by Crippen LogP contribution is 2.15. The molecule has 0 atom stereocenters. The molecule has 0 saturated carbocycles. The molecule has 2 amide bonds. The maximum absolute atomic E-state index is 12.5.